The van der Waals surface area contributed by atoms with E-state index in [2.05, 4.69) is 5.32 Å². The number of hydrogen-bond donors (Lipinski definition) is 1. The van der Waals surface area contributed by atoms with Gasteiger partial charge in [0.15, 0.2) is 11.5 Å². The van der Waals surface area contributed by atoms with Crippen molar-refractivity contribution in [2.75, 3.05) is 18.5 Å². The maximum Gasteiger partial charge on any atom is 0.163 e. The largest absolute Gasteiger partial charge is 0.486 e. The Morgan fingerprint density at radius 1 is 1.05 bits per heavy atom. The summed E-state index contributed by atoms with van der Waals surface area (Å²) in [6.45, 7) is 3.06. The van der Waals surface area contributed by atoms with Crippen molar-refractivity contribution in [2.24, 2.45) is 0 Å². The summed E-state index contributed by atoms with van der Waals surface area (Å²) in [6, 6.07) is 12.3. The lowest BCUT2D eigenvalue weighted by Crippen LogP contribution is -2.15. The van der Waals surface area contributed by atoms with Crippen LogP contribution in [0.2, 0.25) is 0 Å². The van der Waals surface area contributed by atoms with Crippen LogP contribution in [0.5, 0.6) is 11.5 Å². The van der Waals surface area contributed by atoms with Gasteiger partial charge in [-0.1, -0.05) is 18.2 Å². The van der Waals surface area contributed by atoms with E-state index >= 15 is 0 Å². The molecule has 20 heavy (non-hydrogen) atoms. The van der Waals surface area contributed by atoms with E-state index in [0.717, 1.165) is 17.2 Å². The lowest BCUT2D eigenvalue weighted by atomic mass is 10.1. The SMILES string of the molecule is CC(Nc1ccc2c(c1)OCCO2)c1ccccc1F. The molecule has 0 aromatic heterocycles. The zero-order valence-corrected chi connectivity index (χ0v) is 11.2. The van der Waals surface area contributed by atoms with Gasteiger partial charge in [-0.3, -0.25) is 0 Å². The van der Waals surface area contributed by atoms with Crippen LogP contribution >= 0.6 is 0 Å². The van der Waals surface area contributed by atoms with Crippen LogP contribution in [0, 0.1) is 5.82 Å². The molecule has 4 heteroatoms. The molecule has 0 amide bonds. The molecular weight excluding hydrogens is 257 g/mol. The van der Waals surface area contributed by atoms with Crippen LogP contribution in [0.25, 0.3) is 0 Å². The molecule has 0 saturated carbocycles. The van der Waals surface area contributed by atoms with Gasteiger partial charge in [-0.2, -0.15) is 0 Å². The van der Waals surface area contributed by atoms with E-state index in [0.29, 0.717) is 18.8 Å². The van der Waals surface area contributed by atoms with Crippen LogP contribution in [-0.4, -0.2) is 13.2 Å². The van der Waals surface area contributed by atoms with Gasteiger partial charge in [0.05, 0.1) is 6.04 Å². The lowest BCUT2D eigenvalue weighted by molar-refractivity contribution is 0.171. The fraction of sp³-hybridized carbons (Fsp3) is 0.250. The van der Waals surface area contributed by atoms with E-state index in [1.807, 2.05) is 31.2 Å². The van der Waals surface area contributed by atoms with Crippen LogP contribution < -0.4 is 14.8 Å². The van der Waals surface area contributed by atoms with Crippen molar-refractivity contribution in [3.05, 3.63) is 53.8 Å². The quantitative estimate of drug-likeness (QED) is 0.923. The van der Waals surface area contributed by atoms with Gasteiger partial charge in [0, 0.05) is 17.3 Å². The normalized spacial score (nSPS) is 14.7. The molecule has 1 heterocycles. The minimum atomic E-state index is -0.204. The summed E-state index contributed by atoms with van der Waals surface area (Å²) in [5.74, 6) is 1.27. The molecule has 0 spiro atoms. The van der Waals surface area contributed by atoms with Gasteiger partial charge in [-0.05, 0) is 25.1 Å². The third-order valence-electron chi connectivity index (χ3n) is 3.30. The summed E-state index contributed by atoms with van der Waals surface area (Å²) >= 11 is 0. The van der Waals surface area contributed by atoms with Crippen LogP contribution in [0.1, 0.15) is 18.5 Å². The highest BCUT2D eigenvalue weighted by atomic mass is 19.1. The zero-order chi connectivity index (χ0) is 13.9. The van der Waals surface area contributed by atoms with Gasteiger partial charge in [0.25, 0.3) is 0 Å². The van der Waals surface area contributed by atoms with Crippen LogP contribution in [0.3, 0.4) is 0 Å². The van der Waals surface area contributed by atoms with E-state index in [1.54, 1.807) is 12.1 Å². The van der Waals surface area contributed by atoms with E-state index in [4.69, 9.17) is 9.47 Å². The van der Waals surface area contributed by atoms with Crippen molar-refractivity contribution in [2.45, 2.75) is 13.0 Å². The summed E-state index contributed by atoms with van der Waals surface area (Å²) in [7, 11) is 0. The smallest absolute Gasteiger partial charge is 0.163 e. The first-order valence-electron chi connectivity index (χ1n) is 6.64. The molecule has 2 aromatic rings. The standard InChI is InChI=1S/C16H16FNO2/c1-11(13-4-2-3-5-14(13)17)18-12-6-7-15-16(10-12)20-9-8-19-15/h2-7,10-11,18H,8-9H2,1H3. The molecule has 1 aliphatic rings. The number of anilines is 1. The molecule has 0 bridgehead atoms. The number of ether oxygens (including phenoxy) is 2. The molecule has 0 fully saturated rings. The molecule has 104 valence electrons. The monoisotopic (exact) mass is 273 g/mol. The van der Waals surface area contributed by atoms with Crippen molar-refractivity contribution in [1.82, 2.24) is 0 Å². The molecule has 3 nitrogen and oxygen atoms in total. The highest BCUT2D eigenvalue weighted by Gasteiger charge is 2.14. The Kier molecular flexibility index (Phi) is 3.46. The Morgan fingerprint density at radius 2 is 1.80 bits per heavy atom. The van der Waals surface area contributed by atoms with E-state index < -0.39 is 0 Å². The Hall–Kier alpha value is -2.23. The highest BCUT2D eigenvalue weighted by molar-refractivity contribution is 5.56. The average Bonchev–Trinajstić information content (AvgIpc) is 2.47. The number of hydrogen-bond acceptors (Lipinski definition) is 3. The molecule has 1 unspecified atom stereocenters. The molecule has 1 N–H and O–H groups in total. The van der Waals surface area contributed by atoms with Gasteiger partial charge in [0.2, 0.25) is 0 Å². The fourth-order valence-electron chi connectivity index (χ4n) is 2.29. The topological polar surface area (TPSA) is 30.5 Å². The number of rotatable bonds is 3. The molecule has 1 aliphatic heterocycles. The third-order valence-corrected chi connectivity index (χ3v) is 3.30. The lowest BCUT2D eigenvalue weighted by Gasteiger charge is -2.21. The predicted molar refractivity (Wildman–Crippen MR) is 75.9 cm³/mol. The molecule has 3 rings (SSSR count). The minimum absolute atomic E-state index is 0.126. The zero-order valence-electron chi connectivity index (χ0n) is 11.2. The Balaban J connectivity index is 1.79. The van der Waals surface area contributed by atoms with Gasteiger partial charge < -0.3 is 14.8 Å². The Labute approximate surface area is 117 Å². The second-order valence-corrected chi connectivity index (χ2v) is 4.75. The number of benzene rings is 2. The molecule has 1 atom stereocenters. The molecule has 0 saturated heterocycles. The predicted octanol–water partition coefficient (Wildman–Crippen LogP) is 3.77. The summed E-state index contributed by atoms with van der Waals surface area (Å²) in [5, 5.41) is 3.27. The van der Waals surface area contributed by atoms with Crippen molar-refractivity contribution >= 4 is 5.69 Å². The minimum Gasteiger partial charge on any atom is -0.486 e. The second kappa shape index (κ2) is 5.41. The first kappa shape index (κ1) is 12.8. The third kappa shape index (κ3) is 2.54. The summed E-state index contributed by atoms with van der Waals surface area (Å²) in [4.78, 5) is 0. The summed E-state index contributed by atoms with van der Waals surface area (Å²) in [6.07, 6.45) is 0. The molecule has 0 aliphatic carbocycles. The van der Waals surface area contributed by atoms with Crippen LogP contribution in [0.15, 0.2) is 42.5 Å². The first-order valence-corrected chi connectivity index (χ1v) is 6.64. The highest BCUT2D eigenvalue weighted by Crippen LogP contribution is 2.33. The first-order chi connectivity index (χ1) is 9.74. The van der Waals surface area contributed by atoms with Gasteiger partial charge in [-0.15, -0.1) is 0 Å². The summed E-state index contributed by atoms with van der Waals surface area (Å²) < 4.78 is 24.7. The van der Waals surface area contributed by atoms with E-state index in [-0.39, 0.29) is 11.9 Å². The molecule has 2 aromatic carbocycles. The maximum atomic E-state index is 13.7. The summed E-state index contributed by atoms with van der Waals surface area (Å²) in [5.41, 5.74) is 1.52. The number of nitrogens with one attached hydrogen (secondary N) is 1. The Morgan fingerprint density at radius 3 is 2.60 bits per heavy atom. The molecule has 0 radical (unpaired) electrons. The number of fused-ring (bicyclic) bond motifs is 1. The van der Waals surface area contributed by atoms with Gasteiger partial charge in [-0.25, -0.2) is 4.39 Å². The van der Waals surface area contributed by atoms with E-state index in [1.165, 1.54) is 6.07 Å². The Bertz CT molecular complexity index is 615. The van der Waals surface area contributed by atoms with Crippen molar-refractivity contribution in [3.8, 4) is 11.5 Å². The average molecular weight is 273 g/mol. The van der Waals surface area contributed by atoms with Gasteiger partial charge in [0.1, 0.15) is 19.0 Å². The number of halogens is 1. The van der Waals surface area contributed by atoms with Crippen LogP contribution in [-0.2, 0) is 0 Å². The maximum absolute atomic E-state index is 13.7. The van der Waals surface area contributed by atoms with Crippen molar-refractivity contribution in [3.63, 3.8) is 0 Å². The second-order valence-electron chi connectivity index (χ2n) is 4.75. The van der Waals surface area contributed by atoms with Crippen LogP contribution in [0.4, 0.5) is 10.1 Å². The van der Waals surface area contributed by atoms with Crippen molar-refractivity contribution in [1.29, 1.82) is 0 Å². The van der Waals surface area contributed by atoms with E-state index in [9.17, 15) is 4.39 Å². The fourth-order valence-corrected chi connectivity index (χ4v) is 2.29. The molecular formula is C16H16FNO2. The van der Waals surface area contributed by atoms with Gasteiger partial charge >= 0.3 is 0 Å². The van der Waals surface area contributed by atoms with Crippen molar-refractivity contribution < 1.29 is 13.9 Å².